The zero-order valence-corrected chi connectivity index (χ0v) is 19.3. The van der Waals surface area contributed by atoms with Crippen molar-refractivity contribution in [3.05, 3.63) is 85.6 Å². The number of hydrogen-bond donors (Lipinski definition) is 0. The molecule has 0 bridgehead atoms. The minimum Gasteiger partial charge on any atom is -0.0686 e. The number of allylic oxidation sites excluding steroid dienone is 4. The zero-order valence-electron chi connectivity index (χ0n) is 19.3. The number of benzene rings is 2. The third-order valence-electron chi connectivity index (χ3n) is 6.42. The highest BCUT2D eigenvalue weighted by molar-refractivity contribution is 5.84. The third-order valence-corrected chi connectivity index (χ3v) is 6.42. The largest absolute Gasteiger partial charge is 0.0686 e. The van der Waals surface area contributed by atoms with Crippen LogP contribution in [-0.2, 0) is 0 Å². The van der Waals surface area contributed by atoms with Gasteiger partial charge in [-0.1, -0.05) is 95.2 Å². The summed E-state index contributed by atoms with van der Waals surface area (Å²) in [6, 6.07) is 13.5. The van der Waals surface area contributed by atoms with E-state index < -0.39 is 0 Å². The van der Waals surface area contributed by atoms with Crippen LogP contribution in [0.5, 0.6) is 0 Å². The second-order valence-electron chi connectivity index (χ2n) is 10.9. The first-order valence-electron chi connectivity index (χ1n) is 10.8. The molecule has 2 aliphatic carbocycles. The molecule has 2 aliphatic rings. The van der Waals surface area contributed by atoms with Crippen LogP contribution in [0.1, 0.15) is 72.9 Å². The van der Waals surface area contributed by atoms with Gasteiger partial charge in [0.05, 0.1) is 0 Å². The minimum atomic E-state index is 0.120. The predicted molar refractivity (Wildman–Crippen MR) is 127 cm³/mol. The fraction of sp³-hybridized carbons (Fsp3) is 0.379. The van der Waals surface area contributed by atoms with Crippen molar-refractivity contribution in [2.45, 2.75) is 61.8 Å². The summed E-state index contributed by atoms with van der Waals surface area (Å²) in [6.07, 6.45) is 5.97. The van der Waals surface area contributed by atoms with E-state index in [1.54, 1.807) is 5.57 Å². The van der Waals surface area contributed by atoms with E-state index in [1.165, 1.54) is 48.7 Å². The van der Waals surface area contributed by atoms with E-state index in [2.05, 4.69) is 104 Å². The summed E-state index contributed by atoms with van der Waals surface area (Å²) < 4.78 is 0. The lowest BCUT2D eigenvalue weighted by atomic mass is 9.81. The van der Waals surface area contributed by atoms with Crippen molar-refractivity contribution in [2.75, 3.05) is 0 Å². The molecule has 0 saturated heterocycles. The fourth-order valence-corrected chi connectivity index (χ4v) is 4.74. The zero-order chi connectivity index (χ0) is 21.1. The molecule has 0 N–H and O–H groups in total. The van der Waals surface area contributed by atoms with E-state index in [1.807, 2.05) is 0 Å². The van der Waals surface area contributed by atoms with Crippen LogP contribution in [0.15, 0.2) is 53.6 Å². The smallest absolute Gasteiger partial charge is 0.00493 e. The lowest BCUT2D eigenvalue weighted by Crippen LogP contribution is -2.16. The van der Waals surface area contributed by atoms with Crippen molar-refractivity contribution in [1.29, 1.82) is 0 Å². The molecule has 0 heterocycles. The average Bonchev–Trinajstić information content (AvgIpc) is 3.22. The predicted octanol–water partition coefficient (Wildman–Crippen LogP) is 6.48. The second kappa shape index (κ2) is 6.59. The molecule has 0 spiro atoms. The van der Waals surface area contributed by atoms with Gasteiger partial charge in [-0.25, -0.2) is 0 Å². The van der Waals surface area contributed by atoms with Gasteiger partial charge in [-0.05, 0) is 80.3 Å². The Kier molecular flexibility index (Phi) is 4.53. The molecule has 0 atom stereocenters. The Morgan fingerprint density at radius 2 is 1.45 bits per heavy atom. The molecule has 0 fully saturated rings. The van der Waals surface area contributed by atoms with Gasteiger partial charge in [0.1, 0.15) is 0 Å². The van der Waals surface area contributed by atoms with Crippen LogP contribution < -0.4 is 10.4 Å². The molecule has 2 aromatic rings. The highest BCUT2D eigenvalue weighted by Gasteiger charge is 2.32. The van der Waals surface area contributed by atoms with Crippen molar-refractivity contribution in [3.63, 3.8) is 0 Å². The van der Waals surface area contributed by atoms with E-state index in [0.717, 1.165) is 6.42 Å². The van der Waals surface area contributed by atoms with Gasteiger partial charge in [-0.15, -0.1) is 0 Å². The molecular weight excluding hydrogens is 348 g/mol. The van der Waals surface area contributed by atoms with Crippen LogP contribution in [-0.4, -0.2) is 0 Å². The average molecular weight is 383 g/mol. The van der Waals surface area contributed by atoms with Crippen LogP contribution in [0.25, 0.3) is 17.2 Å². The molecule has 4 rings (SSSR count). The lowest BCUT2D eigenvalue weighted by molar-refractivity contribution is 0.494. The molecule has 2 aromatic carbocycles. The summed E-state index contributed by atoms with van der Waals surface area (Å²) in [4.78, 5) is 0. The van der Waals surface area contributed by atoms with Crippen molar-refractivity contribution in [1.82, 2.24) is 0 Å². The van der Waals surface area contributed by atoms with Gasteiger partial charge >= 0.3 is 0 Å². The Labute approximate surface area is 175 Å². The van der Waals surface area contributed by atoms with Crippen LogP contribution in [0.4, 0.5) is 0 Å². The van der Waals surface area contributed by atoms with Crippen LogP contribution in [0, 0.1) is 21.3 Å². The molecule has 29 heavy (non-hydrogen) atoms. The summed E-state index contributed by atoms with van der Waals surface area (Å²) in [5.41, 5.74) is 9.14. The van der Waals surface area contributed by atoms with Crippen molar-refractivity contribution in [3.8, 4) is 0 Å². The minimum absolute atomic E-state index is 0.120. The van der Waals surface area contributed by atoms with Gasteiger partial charge in [-0.3, -0.25) is 0 Å². The van der Waals surface area contributed by atoms with E-state index in [4.69, 9.17) is 0 Å². The molecule has 0 radical (unpaired) electrons. The quantitative estimate of drug-likeness (QED) is 0.452. The normalized spacial score (nSPS) is 15.8. The van der Waals surface area contributed by atoms with E-state index >= 15 is 0 Å². The molecule has 0 unspecified atom stereocenters. The maximum absolute atomic E-state index is 2.51. The van der Waals surface area contributed by atoms with Crippen LogP contribution in [0.3, 0.4) is 0 Å². The molecule has 0 nitrogen and oxygen atoms in total. The molecule has 0 aliphatic heterocycles. The molecular formula is C29H34. The summed E-state index contributed by atoms with van der Waals surface area (Å²) in [7, 11) is 0. The SMILES string of the molecule is CC(C)=c1ccc2c(c1C1=C(C(C)(C)C)C=C(C(C)(C)C)C1)C=c1ccccc1=2. The van der Waals surface area contributed by atoms with Crippen LogP contribution >= 0.6 is 0 Å². The Morgan fingerprint density at radius 3 is 2.07 bits per heavy atom. The van der Waals surface area contributed by atoms with Gasteiger partial charge in [0.15, 0.2) is 0 Å². The Balaban J connectivity index is 2.11. The summed E-state index contributed by atoms with van der Waals surface area (Å²) in [5, 5.41) is 5.48. The van der Waals surface area contributed by atoms with Gasteiger partial charge < -0.3 is 0 Å². The topological polar surface area (TPSA) is 0 Å². The summed E-state index contributed by atoms with van der Waals surface area (Å²) >= 11 is 0. The molecule has 0 saturated carbocycles. The highest BCUT2D eigenvalue weighted by Crippen LogP contribution is 2.47. The Morgan fingerprint density at radius 1 is 0.759 bits per heavy atom. The van der Waals surface area contributed by atoms with E-state index in [-0.39, 0.29) is 10.8 Å². The third kappa shape index (κ3) is 3.33. The van der Waals surface area contributed by atoms with Gasteiger partial charge in [0.2, 0.25) is 0 Å². The maximum atomic E-state index is 2.51. The lowest BCUT2D eigenvalue weighted by Gasteiger charge is -2.23. The van der Waals surface area contributed by atoms with E-state index in [9.17, 15) is 0 Å². The second-order valence-corrected chi connectivity index (χ2v) is 10.9. The van der Waals surface area contributed by atoms with Crippen molar-refractivity contribution in [2.24, 2.45) is 10.8 Å². The molecule has 0 amide bonds. The first kappa shape index (κ1) is 20.0. The summed E-state index contributed by atoms with van der Waals surface area (Å²) in [5.74, 6) is 0. The molecule has 0 aromatic heterocycles. The first-order chi connectivity index (χ1) is 13.5. The van der Waals surface area contributed by atoms with Gasteiger partial charge in [-0.2, -0.15) is 0 Å². The van der Waals surface area contributed by atoms with Crippen LogP contribution in [0.2, 0.25) is 0 Å². The Bertz CT molecular complexity index is 1280. The number of hydrogen-bond acceptors (Lipinski definition) is 0. The highest BCUT2D eigenvalue weighted by atomic mass is 14.4. The molecule has 150 valence electrons. The maximum Gasteiger partial charge on any atom is -0.00493 e. The Hall–Kier alpha value is -2.34. The number of rotatable bonds is 1. The van der Waals surface area contributed by atoms with Crippen molar-refractivity contribution < 1.29 is 0 Å². The first-order valence-corrected chi connectivity index (χ1v) is 10.8. The van der Waals surface area contributed by atoms with Gasteiger partial charge in [0, 0.05) is 0 Å². The monoisotopic (exact) mass is 382 g/mol. The van der Waals surface area contributed by atoms with Crippen molar-refractivity contribution >= 4 is 17.2 Å². The molecule has 0 heteroatoms. The fourth-order valence-electron chi connectivity index (χ4n) is 4.74. The van der Waals surface area contributed by atoms with Gasteiger partial charge in [0.25, 0.3) is 0 Å². The standard InChI is InChI=1S/C29H34/c1-18(2)21-13-14-23-22-12-10-9-11-19(22)15-24(23)27(21)25-16-20(28(3,4)5)17-26(25)29(6,7)8/h9-15,17H,16H2,1-8H3. The summed E-state index contributed by atoms with van der Waals surface area (Å²) in [6.45, 7) is 18.6. The van der Waals surface area contributed by atoms with E-state index in [0.29, 0.717) is 0 Å². The number of fused-ring (bicyclic) bond motifs is 2.